The number of carbonyl (C=O) groups is 2. The van der Waals surface area contributed by atoms with Gasteiger partial charge in [0.15, 0.2) is 0 Å². The van der Waals surface area contributed by atoms with Gasteiger partial charge in [0, 0.05) is 6.42 Å². The molecule has 2 aromatic rings. The first-order chi connectivity index (χ1) is 11.8. The molecule has 0 bridgehead atoms. The molecule has 1 atom stereocenters. The van der Waals surface area contributed by atoms with Gasteiger partial charge in [-0.25, -0.2) is 14.6 Å². The highest BCUT2D eigenvalue weighted by atomic mass is 17.2. The van der Waals surface area contributed by atoms with E-state index in [4.69, 9.17) is 14.5 Å². The molecule has 1 heterocycles. The van der Waals surface area contributed by atoms with E-state index in [-0.39, 0.29) is 12.2 Å². The Kier molecular flexibility index (Phi) is 4.45. The molecule has 130 valence electrons. The van der Waals surface area contributed by atoms with Crippen molar-refractivity contribution < 1.29 is 24.1 Å². The molecule has 0 fully saturated rings. The second-order valence-corrected chi connectivity index (χ2v) is 6.98. The molecule has 0 spiro atoms. The summed E-state index contributed by atoms with van der Waals surface area (Å²) in [6.07, 6.45) is 0.0237. The summed E-state index contributed by atoms with van der Waals surface area (Å²) in [7, 11) is 0. The lowest BCUT2D eigenvalue weighted by molar-refractivity contribution is -0.383. The normalized spacial score (nSPS) is 20.1. The SMILES string of the molecule is CC(C)(C)OOC1(Cc2ccccc2)C(=O)Oc2ccccc2C1=O. The van der Waals surface area contributed by atoms with Crippen molar-refractivity contribution in [3.8, 4) is 5.75 Å². The van der Waals surface area contributed by atoms with Gasteiger partial charge in [-0.15, -0.1) is 0 Å². The molecule has 1 unspecified atom stereocenters. The number of fused-ring (bicyclic) bond motifs is 1. The van der Waals surface area contributed by atoms with Crippen LogP contribution in [0.3, 0.4) is 0 Å². The van der Waals surface area contributed by atoms with Crippen LogP contribution in [0.5, 0.6) is 5.75 Å². The molecule has 0 saturated carbocycles. The standard InChI is InChI=1S/C20H20O5/c1-19(2,3)24-25-20(13-14-9-5-4-6-10-14)17(21)15-11-7-8-12-16(15)23-18(20)22/h4-12H,13H2,1-3H3. The summed E-state index contributed by atoms with van der Waals surface area (Å²) in [6.45, 7) is 5.32. The summed E-state index contributed by atoms with van der Waals surface area (Å²) in [5.74, 6) is -1.00. The summed E-state index contributed by atoms with van der Waals surface area (Å²) in [6, 6.07) is 15.8. The first-order valence-electron chi connectivity index (χ1n) is 8.09. The summed E-state index contributed by atoms with van der Waals surface area (Å²) >= 11 is 0. The Hall–Kier alpha value is -2.50. The number of Topliss-reactive ketones (excluding diaryl/α,β-unsaturated/α-hetero) is 1. The Morgan fingerprint density at radius 3 is 2.28 bits per heavy atom. The largest absolute Gasteiger partial charge is 0.423 e. The monoisotopic (exact) mass is 340 g/mol. The number of rotatable bonds is 4. The molecule has 0 amide bonds. The maximum atomic E-state index is 13.2. The smallest absolute Gasteiger partial charge is 0.355 e. The minimum atomic E-state index is -1.87. The Bertz CT molecular complexity index is 791. The highest BCUT2D eigenvalue weighted by molar-refractivity contribution is 6.19. The molecule has 0 radical (unpaired) electrons. The highest BCUT2D eigenvalue weighted by Gasteiger charge is 2.55. The summed E-state index contributed by atoms with van der Waals surface area (Å²) in [5.41, 5.74) is -1.50. The predicted molar refractivity (Wildman–Crippen MR) is 91.2 cm³/mol. The predicted octanol–water partition coefficient (Wildman–Crippen LogP) is 3.52. The van der Waals surface area contributed by atoms with Gasteiger partial charge in [0.1, 0.15) is 5.75 Å². The van der Waals surface area contributed by atoms with E-state index in [1.807, 2.05) is 30.3 Å². The Labute approximate surface area is 146 Å². The first kappa shape index (κ1) is 17.3. The molecule has 5 nitrogen and oxygen atoms in total. The molecule has 0 saturated heterocycles. The topological polar surface area (TPSA) is 61.8 Å². The number of ketones is 1. The van der Waals surface area contributed by atoms with Crippen molar-refractivity contribution in [1.29, 1.82) is 0 Å². The molecule has 25 heavy (non-hydrogen) atoms. The van der Waals surface area contributed by atoms with Gasteiger partial charge < -0.3 is 4.74 Å². The summed E-state index contributed by atoms with van der Waals surface area (Å²) < 4.78 is 5.39. The second kappa shape index (κ2) is 6.43. The zero-order valence-electron chi connectivity index (χ0n) is 14.4. The van der Waals surface area contributed by atoms with Gasteiger partial charge in [-0.3, -0.25) is 4.79 Å². The van der Waals surface area contributed by atoms with E-state index >= 15 is 0 Å². The van der Waals surface area contributed by atoms with Gasteiger partial charge in [-0.2, -0.15) is 0 Å². The van der Waals surface area contributed by atoms with Gasteiger partial charge >= 0.3 is 5.97 Å². The highest BCUT2D eigenvalue weighted by Crippen LogP contribution is 2.35. The Morgan fingerprint density at radius 2 is 1.60 bits per heavy atom. The van der Waals surface area contributed by atoms with Crippen molar-refractivity contribution in [2.24, 2.45) is 0 Å². The maximum absolute atomic E-state index is 13.2. The van der Waals surface area contributed by atoms with E-state index in [2.05, 4.69) is 0 Å². The third-order valence-corrected chi connectivity index (χ3v) is 3.76. The van der Waals surface area contributed by atoms with Gasteiger partial charge in [0.25, 0.3) is 5.60 Å². The van der Waals surface area contributed by atoms with Crippen molar-refractivity contribution in [3.05, 3.63) is 65.7 Å². The molecular formula is C20H20O5. The fourth-order valence-corrected chi connectivity index (χ4v) is 2.57. The summed E-state index contributed by atoms with van der Waals surface area (Å²) in [4.78, 5) is 36.8. The maximum Gasteiger partial charge on any atom is 0.355 e. The quantitative estimate of drug-likeness (QED) is 0.280. The molecule has 2 aromatic carbocycles. The van der Waals surface area contributed by atoms with Crippen LogP contribution in [-0.2, 0) is 21.0 Å². The number of hydrogen-bond donors (Lipinski definition) is 0. The first-order valence-corrected chi connectivity index (χ1v) is 8.09. The van der Waals surface area contributed by atoms with Crippen molar-refractivity contribution in [2.75, 3.05) is 0 Å². The van der Waals surface area contributed by atoms with Gasteiger partial charge in [0.05, 0.1) is 11.2 Å². The van der Waals surface area contributed by atoms with Crippen LogP contribution in [0.15, 0.2) is 54.6 Å². The van der Waals surface area contributed by atoms with Gasteiger partial charge in [-0.1, -0.05) is 42.5 Å². The lowest BCUT2D eigenvalue weighted by Gasteiger charge is -2.34. The third-order valence-electron chi connectivity index (χ3n) is 3.76. The number of benzene rings is 2. The molecule has 0 aliphatic carbocycles. The van der Waals surface area contributed by atoms with Crippen molar-refractivity contribution in [2.45, 2.75) is 38.4 Å². The Morgan fingerprint density at radius 1 is 0.960 bits per heavy atom. The number of carbonyl (C=O) groups excluding carboxylic acids is 2. The fraction of sp³-hybridized carbons (Fsp3) is 0.300. The molecule has 5 heteroatoms. The van der Waals surface area contributed by atoms with Crippen LogP contribution >= 0.6 is 0 Å². The molecular weight excluding hydrogens is 320 g/mol. The van der Waals surface area contributed by atoms with Crippen LogP contribution in [-0.4, -0.2) is 23.0 Å². The van der Waals surface area contributed by atoms with E-state index in [0.29, 0.717) is 5.56 Å². The average molecular weight is 340 g/mol. The third kappa shape index (κ3) is 3.48. The van der Waals surface area contributed by atoms with Crippen LogP contribution in [0.2, 0.25) is 0 Å². The van der Waals surface area contributed by atoms with E-state index in [9.17, 15) is 9.59 Å². The van der Waals surface area contributed by atoms with Crippen molar-refractivity contribution in [1.82, 2.24) is 0 Å². The Balaban J connectivity index is 2.04. The second-order valence-electron chi connectivity index (χ2n) is 6.98. The number of esters is 1. The van der Waals surface area contributed by atoms with E-state index < -0.39 is 23.0 Å². The minimum Gasteiger partial charge on any atom is -0.423 e. The van der Waals surface area contributed by atoms with Crippen LogP contribution in [0.25, 0.3) is 0 Å². The lowest BCUT2D eigenvalue weighted by Crippen LogP contribution is -2.56. The fourth-order valence-electron chi connectivity index (χ4n) is 2.57. The molecule has 0 aromatic heterocycles. The van der Waals surface area contributed by atoms with Crippen LogP contribution in [0.4, 0.5) is 0 Å². The van der Waals surface area contributed by atoms with Crippen LogP contribution in [0, 0.1) is 0 Å². The number of ether oxygens (including phenoxy) is 1. The molecule has 3 rings (SSSR count). The average Bonchev–Trinajstić information content (AvgIpc) is 2.58. The van der Waals surface area contributed by atoms with E-state index in [1.165, 1.54) is 0 Å². The van der Waals surface area contributed by atoms with Gasteiger partial charge in [-0.05, 0) is 38.5 Å². The zero-order chi connectivity index (χ0) is 18.1. The number of para-hydroxylation sites is 1. The van der Waals surface area contributed by atoms with Gasteiger partial charge in [0.2, 0.25) is 5.78 Å². The number of hydrogen-bond acceptors (Lipinski definition) is 5. The van der Waals surface area contributed by atoms with E-state index in [1.54, 1.807) is 45.0 Å². The van der Waals surface area contributed by atoms with Crippen molar-refractivity contribution in [3.63, 3.8) is 0 Å². The zero-order valence-corrected chi connectivity index (χ0v) is 14.4. The lowest BCUT2D eigenvalue weighted by atomic mass is 9.84. The molecule has 1 aliphatic rings. The van der Waals surface area contributed by atoms with E-state index in [0.717, 1.165) is 5.56 Å². The molecule has 0 N–H and O–H groups in total. The minimum absolute atomic E-state index is 0.0237. The van der Waals surface area contributed by atoms with Crippen LogP contribution in [0.1, 0.15) is 36.7 Å². The van der Waals surface area contributed by atoms with Crippen molar-refractivity contribution >= 4 is 11.8 Å². The summed E-state index contributed by atoms with van der Waals surface area (Å²) in [5, 5.41) is 0. The molecule has 1 aliphatic heterocycles. The van der Waals surface area contributed by atoms with Crippen LogP contribution < -0.4 is 4.74 Å².